The third-order valence-electron chi connectivity index (χ3n) is 4.30. The fourth-order valence-electron chi connectivity index (χ4n) is 2.67. The van der Waals surface area contributed by atoms with E-state index in [-0.39, 0.29) is 0 Å². The van der Waals surface area contributed by atoms with Crippen LogP contribution in [0, 0.1) is 7.40 Å². The Bertz CT molecular complexity index is 1130. The highest BCUT2D eigenvalue weighted by Gasteiger charge is 2.11. The summed E-state index contributed by atoms with van der Waals surface area (Å²) in [6.07, 6.45) is 11.4. The summed E-state index contributed by atoms with van der Waals surface area (Å²) in [6.45, 7) is 5.89. The lowest BCUT2D eigenvalue weighted by Gasteiger charge is -2.01. The minimum absolute atomic E-state index is 0.789. The summed E-state index contributed by atoms with van der Waals surface area (Å²) in [5.74, 6) is 0. The average molecular weight is 692 g/mol. The van der Waals surface area contributed by atoms with Gasteiger partial charge < -0.3 is 0 Å². The van der Waals surface area contributed by atoms with Gasteiger partial charge in [0.1, 0.15) is 7.40 Å². The lowest BCUT2D eigenvalue weighted by Crippen LogP contribution is -1.98. The Kier molecular flexibility index (Phi) is 9.73. The number of halogens is 2. The van der Waals surface area contributed by atoms with Crippen LogP contribution in [0.4, 0.5) is 0 Å². The Morgan fingerprint density at radius 2 is 1.47 bits per heavy atom. The third-order valence-corrected chi connectivity index (χ3v) is 7.36. The van der Waals surface area contributed by atoms with E-state index in [9.17, 15) is 0 Å². The van der Waals surface area contributed by atoms with Crippen molar-refractivity contribution in [3.63, 3.8) is 0 Å². The zero-order valence-electron chi connectivity index (χ0n) is 18.0. The molecule has 0 amide bonds. The van der Waals surface area contributed by atoms with Gasteiger partial charge in [-0.15, -0.1) is 0 Å². The van der Waals surface area contributed by atoms with Gasteiger partial charge in [-0.1, -0.05) is 23.5 Å². The van der Waals surface area contributed by atoms with Crippen LogP contribution >= 0.6 is 68.7 Å². The first-order valence-electron chi connectivity index (χ1n) is 9.69. The molecular formula is C20H22I2N8S2. The number of thioether (sulfide) groups is 2. The van der Waals surface area contributed by atoms with Gasteiger partial charge in [0.25, 0.3) is 0 Å². The zero-order chi connectivity index (χ0) is 23.1. The van der Waals surface area contributed by atoms with Crippen molar-refractivity contribution >= 4 is 68.7 Å². The van der Waals surface area contributed by atoms with E-state index < -0.39 is 0 Å². The fraction of sp³-hybridized carbons (Fsp3) is 0.300. The molecular weight excluding hydrogens is 670 g/mol. The summed E-state index contributed by atoms with van der Waals surface area (Å²) in [7, 11) is 0. The lowest BCUT2D eigenvalue weighted by atomic mass is 10.2. The molecule has 12 heteroatoms. The molecule has 8 nitrogen and oxygen atoms in total. The van der Waals surface area contributed by atoms with E-state index in [2.05, 4.69) is 89.2 Å². The van der Waals surface area contributed by atoms with Crippen LogP contribution in [-0.2, 0) is 13.1 Å². The standard InChI is InChI=1S/2C10H11IN4S/c1-3-15-6-7(9(11)14-15)8-4-5-12-10(13-8)16-2;1-3-15-9(11)7(6-13-15)8-4-5-12-10(14-8)16-2/h2*4-6H,3H2,1-2H3. The molecule has 168 valence electrons. The molecule has 0 spiro atoms. The van der Waals surface area contributed by atoms with Crippen LogP contribution < -0.4 is 0 Å². The average Bonchev–Trinajstić information content (AvgIpc) is 3.41. The van der Waals surface area contributed by atoms with E-state index in [0.717, 1.165) is 53.3 Å². The van der Waals surface area contributed by atoms with Crippen molar-refractivity contribution in [2.45, 2.75) is 37.2 Å². The molecule has 0 saturated carbocycles. The minimum Gasteiger partial charge on any atom is -0.271 e. The Morgan fingerprint density at radius 3 is 1.94 bits per heavy atom. The number of aromatic nitrogens is 8. The Hall–Kier alpha value is -1.26. The van der Waals surface area contributed by atoms with Crippen molar-refractivity contribution in [1.29, 1.82) is 0 Å². The second kappa shape index (κ2) is 12.3. The normalized spacial score (nSPS) is 10.7. The van der Waals surface area contributed by atoms with Gasteiger partial charge in [-0.25, -0.2) is 19.9 Å². The first kappa shape index (κ1) is 25.4. The maximum absolute atomic E-state index is 4.46. The Morgan fingerprint density at radius 1 is 0.875 bits per heavy atom. The van der Waals surface area contributed by atoms with E-state index in [1.165, 1.54) is 0 Å². The van der Waals surface area contributed by atoms with E-state index >= 15 is 0 Å². The predicted molar refractivity (Wildman–Crippen MR) is 147 cm³/mol. The predicted octanol–water partition coefficient (Wildman–Crippen LogP) is 5.37. The van der Waals surface area contributed by atoms with Crippen LogP contribution in [0.5, 0.6) is 0 Å². The summed E-state index contributed by atoms with van der Waals surface area (Å²) < 4.78 is 5.96. The first-order chi connectivity index (χ1) is 15.5. The van der Waals surface area contributed by atoms with E-state index in [1.807, 2.05) is 46.4 Å². The van der Waals surface area contributed by atoms with E-state index in [0.29, 0.717) is 0 Å². The molecule has 0 saturated heterocycles. The van der Waals surface area contributed by atoms with Crippen molar-refractivity contribution in [3.8, 4) is 22.5 Å². The highest BCUT2D eigenvalue weighted by atomic mass is 127. The SMILES string of the molecule is CCn1cc(-c2ccnc(SC)n2)c(I)n1.CCn1ncc(-c2ccnc(SC)n2)c1I. The van der Waals surface area contributed by atoms with Crippen LogP contribution in [0.3, 0.4) is 0 Å². The van der Waals surface area contributed by atoms with Crippen molar-refractivity contribution < 1.29 is 0 Å². The molecule has 0 aliphatic rings. The van der Waals surface area contributed by atoms with Crippen molar-refractivity contribution in [2.24, 2.45) is 0 Å². The van der Waals surface area contributed by atoms with E-state index in [4.69, 9.17) is 0 Å². The van der Waals surface area contributed by atoms with Crippen LogP contribution in [0.1, 0.15) is 13.8 Å². The molecule has 0 aliphatic carbocycles. The maximum Gasteiger partial charge on any atom is 0.187 e. The molecule has 0 atom stereocenters. The van der Waals surface area contributed by atoms with Gasteiger partial charge in [0.15, 0.2) is 10.3 Å². The van der Waals surface area contributed by atoms with Gasteiger partial charge in [-0.3, -0.25) is 9.36 Å². The molecule has 0 fully saturated rings. The summed E-state index contributed by atoms with van der Waals surface area (Å²) in [5.41, 5.74) is 4.01. The Balaban J connectivity index is 0.000000181. The summed E-state index contributed by atoms with van der Waals surface area (Å²) >= 11 is 7.62. The molecule has 4 rings (SSSR count). The molecule has 0 radical (unpaired) electrons. The summed E-state index contributed by atoms with van der Waals surface area (Å²) in [6, 6.07) is 3.83. The van der Waals surface area contributed by atoms with Gasteiger partial charge in [0.05, 0.1) is 28.7 Å². The molecule has 0 bridgehead atoms. The maximum atomic E-state index is 4.46. The summed E-state index contributed by atoms with van der Waals surface area (Å²) in [4.78, 5) is 17.3. The topological polar surface area (TPSA) is 87.2 Å². The Labute approximate surface area is 223 Å². The molecule has 0 aromatic carbocycles. The highest BCUT2D eigenvalue weighted by Crippen LogP contribution is 2.25. The second-order valence-electron chi connectivity index (χ2n) is 6.21. The second-order valence-corrected chi connectivity index (χ2v) is 9.80. The van der Waals surface area contributed by atoms with Gasteiger partial charge in [-0.2, -0.15) is 10.2 Å². The van der Waals surface area contributed by atoms with Crippen molar-refractivity contribution in [2.75, 3.05) is 12.5 Å². The number of hydrogen-bond donors (Lipinski definition) is 0. The van der Waals surface area contributed by atoms with Gasteiger partial charge in [-0.05, 0) is 83.7 Å². The molecule has 4 heterocycles. The van der Waals surface area contributed by atoms with Gasteiger partial charge in [0, 0.05) is 31.7 Å². The highest BCUT2D eigenvalue weighted by molar-refractivity contribution is 14.1. The van der Waals surface area contributed by atoms with Crippen molar-refractivity contribution in [3.05, 3.63) is 44.3 Å². The number of hydrogen-bond acceptors (Lipinski definition) is 8. The smallest absolute Gasteiger partial charge is 0.187 e. The molecule has 0 N–H and O–H groups in total. The van der Waals surface area contributed by atoms with Crippen molar-refractivity contribution in [1.82, 2.24) is 39.5 Å². The van der Waals surface area contributed by atoms with E-state index in [1.54, 1.807) is 35.9 Å². The largest absolute Gasteiger partial charge is 0.271 e. The molecule has 4 aromatic rings. The molecule has 0 unspecified atom stereocenters. The molecule has 32 heavy (non-hydrogen) atoms. The number of aryl methyl sites for hydroxylation is 2. The van der Waals surface area contributed by atoms with Crippen LogP contribution in [0.2, 0.25) is 0 Å². The van der Waals surface area contributed by atoms with Crippen LogP contribution in [-0.4, -0.2) is 52.0 Å². The molecule has 4 aromatic heterocycles. The fourth-order valence-corrected chi connectivity index (χ4v) is 4.96. The number of rotatable bonds is 6. The third kappa shape index (κ3) is 6.20. The van der Waals surface area contributed by atoms with Crippen LogP contribution in [0.25, 0.3) is 22.5 Å². The zero-order valence-corrected chi connectivity index (χ0v) is 24.0. The minimum atomic E-state index is 0.789. The quantitative estimate of drug-likeness (QED) is 0.152. The lowest BCUT2D eigenvalue weighted by molar-refractivity contribution is 0.644. The monoisotopic (exact) mass is 692 g/mol. The summed E-state index contributed by atoms with van der Waals surface area (Å²) in [5, 5.41) is 10.3. The van der Waals surface area contributed by atoms with Gasteiger partial charge >= 0.3 is 0 Å². The number of nitrogens with zero attached hydrogens (tertiary/aromatic N) is 8. The van der Waals surface area contributed by atoms with Gasteiger partial charge in [0.2, 0.25) is 0 Å². The molecule has 0 aliphatic heterocycles. The van der Waals surface area contributed by atoms with Crippen LogP contribution in [0.15, 0.2) is 47.2 Å². The first-order valence-corrected chi connectivity index (χ1v) is 14.3.